The number of para-hydroxylation sites is 1. The summed E-state index contributed by atoms with van der Waals surface area (Å²) in [6, 6.07) is 16.0. The summed E-state index contributed by atoms with van der Waals surface area (Å²) in [5, 5.41) is 0. The molecule has 30 heavy (non-hydrogen) atoms. The molecule has 0 radical (unpaired) electrons. The topological polar surface area (TPSA) is 65.1 Å². The predicted molar refractivity (Wildman–Crippen MR) is 118 cm³/mol. The van der Waals surface area contributed by atoms with Crippen LogP contribution in [0.15, 0.2) is 58.1 Å². The van der Waals surface area contributed by atoms with Gasteiger partial charge in [-0.3, -0.25) is 13.9 Å². The Bertz CT molecular complexity index is 1390. The molecule has 7 nitrogen and oxygen atoms in total. The number of fused-ring (bicyclic) bond motifs is 3. The number of benzene rings is 2. The van der Waals surface area contributed by atoms with Gasteiger partial charge in [0.2, 0.25) is 5.95 Å². The molecule has 0 bridgehead atoms. The van der Waals surface area contributed by atoms with Crippen LogP contribution >= 0.6 is 0 Å². The zero-order valence-electron chi connectivity index (χ0n) is 17.3. The second-order valence-corrected chi connectivity index (χ2v) is 7.89. The third kappa shape index (κ3) is 2.69. The van der Waals surface area contributed by atoms with Gasteiger partial charge in [0.15, 0.2) is 11.2 Å². The Hall–Kier alpha value is -3.61. The molecular weight excluding hydrogens is 378 g/mol. The van der Waals surface area contributed by atoms with Gasteiger partial charge in [-0.25, -0.2) is 4.79 Å². The van der Waals surface area contributed by atoms with Gasteiger partial charge in [0.25, 0.3) is 5.56 Å². The minimum atomic E-state index is -0.354. The van der Waals surface area contributed by atoms with E-state index in [1.165, 1.54) is 9.13 Å². The summed E-state index contributed by atoms with van der Waals surface area (Å²) in [5.41, 5.74) is 4.53. The van der Waals surface area contributed by atoms with Crippen LogP contribution in [0.4, 0.5) is 11.6 Å². The van der Waals surface area contributed by atoms with Crippen molar-refractivity contribution in [2.75, 3.05) is 11.4 Å². The molecule has 0 fully saturated rings. The highest BCUT2D eigenvalue weighted by molar-refractivity contribution is 5.78. The second kappa shape index (κ2) is 6.73. The molecule has 0 saturated heterocycles. The Labute approximate surface area is 173 Å². The van der Waals surface area contributed by atoms with Gasteiger partial charge < -0.3 is 9.47 Å². The van der Waals surface area contributed by atoms with Gasteiger partial charge >= 0.3 is 5.69 Å². The van der Waals surface area contributed by atoms with E-state index in [1.807, 2.05) is 47.9 Å². The van der Waals surface area contributed by atoms with Crippen molar-refractivity contribution in [3.8, 4) is 0 Å². The van der Waals surface area contributed by atoms with Crippen molar-refractivity contribution in [3.63, 3.8) is 0 Å². The monoisotopic (exact) mass is 401 g/mol. The smallest absolute Gasteiger partial charge is 0.310 e. The van der Waals surface area contributed by atoms with E-state index < -0.39 is 0 Å². The maximum atomic E-state index is 13.4. The molecule has 3 heterocycles. The summed E-state index contributed by atoms with van der Waals surface area (Å²) in [7, 11) is 1.68. The maximum absolute atomic E-state index is 13.4. The number of aromatic nitrogens is 4. The Balaban J connectivity index is 1.68. The zero-order chi connectivity index (χ0) is 21.0. The highest BCUT2D eigenvalue weighted by atomic mass is 16.2. The Morgan fingerprint density at radius 1 is 0.967 bits per heavy atom. The summed E-state index contributed by atoms with van der Waals surface area (Å²) < 4.78 is 4.72. The summed E-state index contributed by atoms with van der Waals surface area (Å²) in [6.45, 7) is 5.70. The van der Waals surface area contributed by atoms with E-state index in [4.69, 9.17) is 4.98 Å². The number of nitrogens with zero attached hydrogens (tertiary/aromatic N) is 5. The quantitative estimate of drug-likeness (QED) is 0.530. The average molecular weight is 401 g/mol. The summed E-state index contributed by atoms with van der Waals surface area (Å²) in [5.74, 6) is 0.708. The normalized spacial score (nSPS) is 13.2. The second-order valence-electron chi connectivity index (χ2n) is 7.89. The molecule has 0 N–H and O–H groups in total. The minimum Gasteiger partial charge on any atom is -0.310 e. The largest absolute Gasteiger partial charge is 0.332 e. The molecule has 0 unspecified atom stereocenters. The Morgan fingerprint density at radius 3 is 2.43 bits per heavy atom. The Morgan fingerprint density at radius 2 is 1.70 bits per heavy atom. The standard InChI is InChI=1S/C23H23N5O2/c1-15-8-10-17(11-9-15)14-28-21(29)19-20(25(3)23(28)30)24-22-26(12-13-27(19)22)18-7-5-4-6-16(18)2/h4-11H,12-14H2,1-3H3. The fourth-order valence-electron chi connectivity index (χ4n) is 4.19. The molecule has 7 heteroatoms. The number of rotatable bonds is 3. The molecule has 2 aromatic carbocycles. The summed E-state index contributed by atoms with van der Waals surface area (Å²) in [6.07, 6.45) is 0. The molecule has 1 aliphatic heterocycles. The SMILES string of the molecule is Cc1ccc(Cn2c(=O)c3c(nc4n3CCN4c3ccccc3C)n(C)c2=O)cc1. The fraction of sp³-hybridized carbons (Fsp3) is 0.261. The van der Waals surface area contributed by atoms with Gasteiger partial charge in [-0.2, -0.15) is 4.98 Å². The molecule has 4 aromatic rings. The molecular formula is C23H23N5O2. The first-order valence-corrected chi connectivity index (χ1v) is 10.0. The highest BCUT2D eigenvalue weighted by Crippen LogP contribution is 2.33. The van der Waals surface area contributed by atoms with Gasteiger partial charge in [0.1, 0.15) is 0 Å². The molecule has 1 aliphatic rings. The first kappa shape index (κ1) is 18.4. The van der Waals surface area contributed by atoms with Gasteiger partial charge in [-0.15, -0.1) is 0 Å². The number of hydrogen-bond donors (Lipinski definition) is 0. The third-order valence-corrected chi connectivity index (χ3v) is 5.87. The molecule has 152 valence electrons. The van der Waals surface area contributed by atoms with E-state index in [2.05, 4.69) is 24.0 Å². The van der Waals surface area contributed by atoms with Gasteiger partial charge in [0, 0.05) is 25.8 Å². The number of imidazole rings is 1. The van der Waals surface area contributed by atoms with Crippen LogP contribution in [0.25, 0.3) is 11.2 Å². The first-order chi connectivity index (χ1) is 14.5. The van der Waals surface area contributed by atoms with Crippen LogP contribution in [0.2, 0.25) is 0 Å². The maximum Gasteiger partial charge on any atom is 0.332 e. The zero-order valence-corrected chi connectivity index (χ0v) is 17.3. The number of hydrogen-bond acceptors (Lipinski definition) is 4. The highest BCUT2D eigenvalue weighted by Gasteiger charge is 2.29. The lowest BCUT2D eigenvalue weighted by Gasteiger charge is -2.18. The van der Waals surface area contributed by atoms with E-state index >= 15 is 0 Å². The van der Waals surface area contributed by atoms with E-state index in [0.29, 0.717) is 23.7 Å². The van der Waals surface area contributed by atoms with Gasteiger partial charge in [0.05, 0.1) is 6.54 Å². The third-order valence-electron chi connectivity index (χ3n) is 5.87. The van der Waals surface area contributed by atoms with Gasteiger partial charge in [-0.1, -0.05) is 48.0 Å². The van der Waals surface area contributed by atoms with Crippen LogP contribution in [0.5, 0.6) is 0 Å². The molecule has 0 atom stereocenters. The Kier molecular flexibility index (Phi) is 4.13. The van der Waals surface area contributed by atoms with E-state index in [0.717, 1.165) is 28.9 Å². The fourth-order valence-corrected chi connectivity index (χ4v) is 4.19. The molecule has 0 spiro atoms. The molecule has 0 aliphatic carbocycles. The molecule has 5 rings (SSSR count). The number of aryl methyl sites for hydroxylation is 3. The first-order valence-electron chi connectivity index (χ1n) is 10.0. The van der Waals surface area contributed by atoms with E-state index in [-0.39, 0.29) is 17.8 Å². The molecule has 0 saturated carbocycles. The van der Waals surface area contributed by atoms with Crippen molar-refractivity contribution in [2.24, 2.45) is 7.05 Å². The lowest BCUT2D eigenvalue weighted by atomic mass is 10.1. The van der Waals surface area contributed by atoms with Crippen molar-refractivity contribution >= 4 is 22.8 Å². The van der Waals surface area contributed by atoms with Crippen molar-refractivity contribution in [3.05, 3.63) is 86.1 Å². The molecule has 0 amide bonds. The minimum absolute atomic E-state index is 0.240. The summed E-state index contributed by atoms with van der Waals surface area (Å²) in [4.78, 5) is 33.2. The summed E-state index contributed by atoms with van der Waals surface area (Å²) >= 11 is 0. The van der Waals surface area contributed by atoms with Crippen LogP contribution in [-0.2, 0) is 20.1 Å². The van der Waals surface area contributed by atoms with Crippen LogP contribution in [0.3, 0.4) is 0 Å². The van der Waals surface area contributed by atoms with E-state index in [1.54, 1.807) is 7.05 Å². The van der Waals surface area contributed by atoms with Crippen molar-refractivity contribution in [1.82, 2.24) is 18.7 Å². The predicted octanol–water partition coefficient (Wildman–Crippen LogP) is 2.71. The average Bonchev–Trinajstić information content (AvgIpc) is 3.31. The van der Waals surface area contributed by atoms with Crippen molar-refractivity contribution in [1.29, 1.82) is 0 Å². The molecule has 2 aromatic heterocycles. The lowest BCUT2D eigenvalue weighted by molar-refractivity contribution is 0.652. The van der Waals surface area contributed by atoms with Gasteiger partial charge in [-0.05, 0) is 31.0 Å². The van der Waals surface area contributed by atoms with Crippen LogP contribution < -0.4 is 16.1 Å². The van der Waals surface area contributed by atoms with E-state index in [9.17, 15) is 9.59 Å². The van der Waals surface area contributed by atoms with Crippen molar-refractivity contribution in [2.45, 2.75) is 26.9 Å². The van der Waals surface area contributed by atoms with Crippen LogP contribution in [0, 0.1) is 13.8 Å². The van der Waals surface area contributed by atoms with Crippen LogP contribution in [-0.4, -0.2) is 25.2 Å². The van der Waals surface area contributed by atoms with Crippen LogP contribution in [0.1, 0.15) is 16.7 Å². The number of anilines is 2. The lowest BCUT2D eigenvalue weighted by Crippen LogP contribution is -2.40. The van der Waals surface area contributed by atoms with Crippen molar-refractivity contribution < 1.29 is 0 Å².